The maximum absolute atomic E-state index is 13.4. The van der Waals surface area contributed by atoms with Crippen LogP contribution in [0.5, 0.6) is 5.75 Å². The molecule has 4 aromatic rings. The molecule has 4 heterocycles. The van der Waals surface area contributed by atoms with Crippen molar-refractivity contribution in [2.45, 2.75) is 38.3 Å². The van der Waals surface area contributed by atoms with Gasteiger partial charge in [-0.15, -0.1) is 0 Å². The van der Waals surface area contributed by atoms with Gasteiger partial charge in [-0.2, -0.15) is 10.4 Å². The van der Waals surface area contributed by atoms with Crippen LogP contribution in [-0.2, 0) is 0 Å². The third kappa shape index (κ3) is 5.99. The highest BCUT2D eigenvalue weighted by Crippen LogP contribution is 2.32. The number of carbonyl (C=O) groups is 1. The van der Waals surface area contributed by atoms with Crippen molar-refractivity contribution >= 4 is 17.2 Å². The lowest BCUT2D eigenvalue weighted by Gasteiger charge is -2.33. The van der Waals surface area contributed by atoms with E-state index in [0.717, 1.165) is 29.8 Å². The minimum absolute atomic E-state index is 0.00230. The first kappa shape index (κ1) is 26.1. The molecule has 0 bridgehead atoms. The predicted molar refractivity (Wildman–Crippen MR) is 144 cm³/mol. The number of pyridine rings is 2. The van der Waals surface area contributed by atoms with Crippen molar-refractivity contribution in [1.29, 1.82) is 5.26 Å². The van der Waals surface area contributed by atoms with E-state index in [-0.39, 0.29) is 18.6 Å². The Morgan fingerprint density at radius 1 is 1.23 bits per heavy atom. The van der Waals surface area contributed by atoms with Gasteiger partial charge >= 0.3 is 0 Å². The molecule has 0 radical (unpaired) electrons. The molecule has 0 spiro atoms. The highest BCUT2D eigenvalue weighted by atomic mass is 19.1. The van der Waals surface area contributed by atoms with Crippen LogP contribution < -0.4 is 15.0 Å². The van der Waals surface area contributed by atoms with Crippen LogP contribution in [-0.4, -0.2) is 57.0 Å². The second-order valence-electron chi connectivity index (χ2n) is 10.3. The lowest BCUT2D eigenvalue weighted by Crippen LogP contribution is -2.45. The summed E-state index contributed by atoms with van der Waals surface area (Å²) in [5, 5.41) is 27.0. The maximum Gasteiger partial charge on any atom is 0.251 e. The monoisotopic (exact) mass is 528 g/mol. The van der Waals surface area contributed by atoms with E-state index in [4.69, 9.17) is 4.74 Å². The SMILES string of the molecule is CC(C)(O)COc1cc(-c2ccc(N3CCC(NC(=O)c4cccc(F)c4)CC3)nc2)c2c(C#N)cnn2c1. The number of hydrogen-bond acceptors (Lipinski definition) is 7. The van der Waals surface area contributed by atoms with E-state index in [0.29, 0.717) is 35.5 Å². The number of fused-ring (bicyclic) bond motifs is 1. The molecule has 10 heteroatoms. The summed E-state index contributed by atoms with van der Waals surface area (Å²) in [4.78, 5) is 19.3. The summed E-state index contributed by atoms with van der Waals surface area (Å²) < 4.78 is 20.9. The summed E-state index contributed by atoms with van der Waals surface area (Å²) in [7, 11) is 0. The highest BCUT2D eigenvalue weighted by molar-refractivity contribution is 5.94. The van der Waals surface area contributed by atoms with E-state index >= 15 is 0 Å². The van der Waals surface area contributed by atoms with Crippen molar-refractivity contribution in [3.8, 4) is 22.9 Å². The van der Waals surface area contributed by atoms with E-state index in [1.165, 1.54) is 24.4 Å². The maximum atomic E-state index is 13.4. The summed E-state index contributed by atoms with van der Waals surface area (Å²) in [5.41, 5.74) is 1.94. The Morgan fingerprint density at radius 2 is 2.03 bits per heavy atom. The number of piperidine rings is 1. The number of rotatable bonds is 7. The summed E-state index contributed by atoms with van der Waals surface area (Å²) >= 11 is 0. The molecule has 1 aliphatic rings. The number of nitriles is 1. The fourth-order valence-corrected chi connectivity index (χ4v) is 4.62. The lowest BCUT2D eigenvalue weighted by molar-refractivity contribution is 0.0283. The summed E-state index contributed by atoms with van der Waals surface area (Å²) in [5.74, 6) is 0.622. The molecule has 0 aliphatic carbocycles. The van der Waals surface area contributed by atoms with E-state index < -0.39 is 11.4 Å². The van der Waals surface area contributed by atoms with Gasteiger partial charge in [0.2, 0.25) is 0 Å². The molecule has 39 heavy (non-hydrogen) atoms. The number of nitrogens with one attached hydrogen (secondary N) is 1. The van der Waals surface area contributed by atoms with Gasteiger partial charge in [0.15, 0.2) is 0 Å². The number of aliphatic hydroxyl groups is 1. The average molecular weight is 529 g/mol. The Morgan fingerprint density at radius 3 is 2.69 bits per heavy atom. The molecule has 1 amide bonds. The van der Waals surface area contributed by atoms with Crippen LogP contribution in [0.4, 0.5) is 10.2 Å². The zero-order chi connectivity index (χ0) is 27.6. The number of amides is 1. The number of hydrogen-bond donors (Lipinski definition) is 2. The summed E-state index contributed by atoms with van der Waals surface area (Å²) in [6, 6.07) is 13.6. The Balaban J connectivity index is 1.29. The second kappa shape index (κ2) is 10.7. The fourth-order valence-electron chi connectivity index (χ4n) is 4.62. The number of benzene rings is 1. The van der Waals surface area contributed by atoms with E-state index in [9.17, 15) is 19.6 Å². The predicted octanol–water partition coefficient (Wildman–Crippen LogP) is 3.96. The summed E-state index contributed by atoms with van der Waals surface area (Å²) in [6.07, 6.45) is 6.44. The molecule has 0 unspecified atom stereocenters. The molecular formula is C29H29FN6O3. The molecule has 0 atom stereocenters. The van der Waals surface area contributed by atoms with Gasteiger partial charge in [-0.1, -0.05) is 6.07 Å². The largest absolute Gasteiger partial charge is 0.489 e. The molecule has 1 aromatic carbocycles. The van der Waals surface area contributed by atoms with Crippen LogP contribution >= 0.6 is 0 Å². The van der Waals surface area contributed by atoms with Crippen molar-refractivity contribution in [2.75, 3.05) is 24.6 Å². The van der Waals surface area contributed by atoms with E-state index in [1.807, 2.05) is 18.2 Å². The number of ether oxygens (including phenoxy) is 1. The molecule has 1 fully saturated rings. The molecule has 1 saturated heterocycles. The molecule has 3 aromatic heterocycles. The second-order valence-corrected chi connectivity index (χ2v) is 10.3. The van der Waals surface area contributed by atoms with Crippen LogP contribution in [0.15, 0.2) is 61.1 Å². The number of carbonyl (C=O) groups excluding carboxylic acids is 1. The van der Waals surface area contributed by atoms with E-state index in [2.05, 4.69) is 26.4 Å². The number of anilines is 1. The number of aromatic nitrogens is 3. The average Bonchev–Trinajstić information content (AvgIpc) is 3.35. The van der Waals surface area contributed by atoms with Gasteiger partial charge in [0, 0.05) is 42.0 Å². The fraction of sp³-hybridized carbons (Fsp3) is 0.310. The van der Waals surface area contributed by atoms with Gasteiger partial charge in [0.25, 0.3) is 5.91 Å². The van der Waals surface area contributed by atoms with Crippen LogP contribution in [0.2, 0.25) is 0 Å². The Hall–Kier alpha value is -4.49. The van der Waals surface area contributed by atoms with Crippen molar-refractivity contribution < 1.29 is 19.0 Å². The first-order chi connectivity index (χ1) is 18.7. The van der Waals surface area contributed by atoms with E-state index in [1.54, 1.807) is 36.8 Å². The molecule has 200 valence electrons. The molecule has 2 N–H and O–H groups in total. The number of halogens is 1. The zero-order valence-electron chi connectivity index (χ0n) is 21.8. The van der Waals surface area contributed by atoms with Gasteiger partial charge in [0.1, 0.15) is 30.1 Å². The van der Waals surface area contributed by atoms with Crippen LogP contribution in [0.25, 0.3) is 16.6 Å². The third-order valence-corrected chi connectivity index (χ3v) is 6.60. The van der Waals surface area contributed by atoms with Gasteiger partial charge in [-0.3, -0.25) is 4.79 Å². The van der Waals surface area contributed by atoms with Crippen molar-refractivity contribution in [1.82, 2.24) is 19.9 Å². The van der Waals surface area contributed by atoms with Gasteiger partial charge in [-0.05, 0) is 63.1 Å². The van der Waals surface area contributed by atoms with Gasteiger partial charge in [0.05, 0.1) is 29.1 Å². The molecule has 1 aliphatic heterocycles. The minimum Gasteiger partial charge on any atom is -0.489 e. The topological polar surface area (TPSA) is 116 Å². The molecular weight excluding hydrogens is 499 g/mol. The Labute approximate surface area is 225 Å². The highest BCUT2D eigenvalue weighted by Gasteiger charge is 2.23. The smallest absolute Gasteiger partial charge is 0.251 e. The summed E-state index contributed by atoms with van der Waals surface area (Å²) in [6.45, 7) is 4.86. The molecule has 9 nitrogen and oxygen atoms in total. The molecule has 5 rings (SSSR count). The normalized spacial score (nSPS) is 14.3. The first-order valence-electron chi connectivity index (χ1n) is 12.7. The lowest BCUT2D eigenvalue weighted by atomic mass is 10.0. The van der Waals surface area contributed by atoms with Crippen molar-refractivity contribution in [3.63, 3.8) is 0 Å². The van der Waals surface area contributed by atoms with Crippen LogP contribution in [0.1, 0.15) is 42.6 Å². The molecule has 0 saturated carbocycles. The van der Waals surface area contributed by atoms with Crippen LogP contribution in [0.3, 0.4) is 0 Å². The zero-order valence-corrected chi connectivity index (χ0v) is 21.8. The first-order valence-corrected chi connectivity index (χ1v) is 12.7. The van der Waals surface area contributed by atoms with Gasteiger partial charge < -0.3 is 20.1 Å². The third-order valence-electron chi connectivity index (χ3n) is 6.60. The minimum atomic E-state index is -1.00. The quantitative estimate of drug-likeness (QED) is 0.373. The Kier molecular flexibility index (Phi) is 7.17. The standard InChI is InChI=1S/C29H29FN6O3/c1-29(2,38)18-39-24-13-25(27-21(14-31)16-33-36(27)17-24)20-6-7-26(32-15-20)35-10-8-23(9-11-35)34-28(37)19-4-3-5-22(30)12-19/h3-7,12-13,15-17,23,38H,8-11,18H2,1-2H3,(H,34,37). The van der Waals surface area contributed by atoms with Crippen molar-refractivity contribution in [2.24, 2.45) is 0 Å². The van der Waals surface area contributed by atoms with Gasteiger partial charge in [-0.25, -0.2) is 13.9 Å². The number of nitrogens with zero attached hydrogens (tertiary/aromatic N) is 5. The van der Waals surface area contributed by atoms with Crippen LogP contribution in [0, 0.1) is 17.1 Å². The Bertz CT molecular complexity index is 1530. The van der Waals surface area contributed by atoms with Crippen molar-refractivity contribution in [3.05, 3.63) is 78.0 Å².